The summed E-state index contributed by atoms with van der Waals surface area (Å²) in [6.07, 6.45) is 0. The van der Waals surface area contributed by atoms with Gasteiger partial charge in [0.1, 0.15) is 0 Å². The van der Waals surface area contributed by atoms with E-state index >= 15 is 0 Å². The predicted octanol–water partition coefficient (Wildman–Crippen LogP) is 1.14. The fraction of sp³-hybridized carbons (Fsp3) is 0.667. The van der Waals surface area contributed by atoms with Crippen molar-refractivity contribution in [3.8, 4) is 0 Å². The monoisotopic (exact) mass is 102 g/mol. The second-order valence-corrected chi connectivity index (χ2v) is 4.70. The van der Waals surface area contributed by atoms with Crippen molar-refractivity contribution in [2.24, 2.45) is 0 Å². The van der Waals surface area contributed by atoms with Gasteiger partial charge in [0.15, 0.2) is 0 Å². The van der Waals surface area contributed by atoms with Crippen LogP contribution in [0.3, 0.4) is 0 Å². The van der Waals surface area contributed by atoms with E-state index in [9.17, 15) is 0 Å². The highest BCUT2D eigenvalue weighted by molar-refractivity contribution is 7.73. The first-order valence-electron chi connectivity index (χ1n) is 1.76. The van der Waals surface area contributed by atoms with Crippen molar-refractivity contribution >= 4 is 22.6 Å². The predicted molar refractivity (Wildman–Crippen MR) is 28.9 cm³/mol. The van der Waals surface area contributed by atoms with Gasteiger partial charge in [0.05, 0.1) is 0 Å². The highest BCUT2D eigenvalue weighted by atomic mass is 31.1. The molecule has 0 amide bonds. The van der Waals surface area contributed by atoms with E-state index in [1.807, 2.05) is 0 Å². The zero-order valence-corrected chi connectivity index (χ0v) is 4.57. The lowest BCUT2D eigenvalue weighted by Gasteiger charge is -1.88. The fourth-order valence-electron chi connectivity index (χ4n) is 0.486. The van der Waals surface area contributed by atoms with Crippen molar-refractivity contribution in [2.45, 2.75) is 11.1 Å². The molecule has 3 atom stereocenters. The average Bonchev–Trinajstić information content (AvgIpc) is 1.74. The highest BCUT2D eigenvalue weighted by Crippen LogP contribution is 2.61. The molecule has 2 aliphatic rings. The zero-order chi connectivity index (χ0) is 3.28. The summed E-state index contributed by atoms with van der Waals surface area (Å²) >= 11 is 0. The summed E-state index contributed by atoms with van der Waals surface area (Å²) in [5.41, 5.74) is 1.12. The third-order valence-electron chi connectivity index (χ3n) is 1.00. The van der Waals surface area contributed by atoms with Gasteiger partial charge in [-0.3, -0.25) is 0 Å². The third kappa shape index (κ3) is 0.231. The van der Waals surface area contributed by atoms with Crippen molar-refractivity contribution in [1.29, 1.82) is 0 Å². The van der Waals surface area contributed by atoms with Gasteiger partial charge in [-0.1, -0.05) is 14.0 Å². The Morgan fingerprint density at radius 2 is 2.60 bits per heavy atom. The fourth-order valence-corrected chi connectivity index (χ4v) is 3.52. The van der Waals surface area contributed by atoms with Crippen LogP contribution in [0, 0.1) is 0 Å². The van der Waals surface area contributed by atoms with Crippen LogP contribution in [0.5, 0.6) is 0 Å². The summed E-state index contributed by atoms with van der Waals surface area (Å²) in [4.78, 5) is 0. The molecule has 1 saturated heterocycles. The molecule has 2 heteroatoms. The van der Waals surface area contributed by atoms with Crippen molar-refractivity contribution < 1.29 is 0 Å². The molecule has 2 rings (SSSR count). The number of rotatable bonds is 0. The Morgan fingerprint density at radius 3 is 2.60 bits per heavy atom. The lowest BCUT2D eigenvalue weighted by molar-refractivity contribution is 1.45. The van der Waals surface area contributed by atoms with Gasteiger partial charge < -0.3 is 0 Å². The molecule has 2 heterocycles. The Balaban J connectivity index is 2.46. The molecule has 0 aromatic heterocycles. The van der Waals surface area contributed by atoms with Gasteiger partial charge >= 0.3 is 0 Å². The number of hydrogen-bond acceptors (Lipinski definition) is 0. The smallest absolute Gasteiger partial charge is 0.0288 e. The molecule has 2 aliphatic heterocycles. The number of hydrogen-bond donors (Lipinski definition) is 0. The van der Waals surface area contributed by atoms with Crippen molar-refractivity contribution in [3.63, 3.8) is 0 Å². The molecule has 5 heavy (non-hydrogen) atoms. The maximum Gasteiger partial charge on any atom is 0.0288 e. The van der Waals surface area contributed by atoms with Gasteiger partial charge in [-0.2, -0.15) is 0 Å². The molecule has 0 aromatic carbocycles. The van der Waals surface area contributed by atoms with Crippen molar-refractivity contribution in [2.75, 3.05) is 0 Å². The van der Waals surface area contributed by atoms with Gasteiger partial charge in [-0.05, 0) is 0 Å². The highest BCUT2D eigenvalue weighted by Gasteiger charge is 2.39. The van der Waals surface area contributed by atoms with Crippen LogP contribution in [0.2, 0.25) is 0 Å². The SMILES string of the molecule is C1=PC2PC12. The van der Waals surface area contributed by atoms with Crippen molar-refractivity contribution in [3.05, 3.63) is 0 Å². The van der Waals surface area contributed by atoms with Crippen LogP contribution in [0.1, 0.15) is 0 Å². The molecule has 3 unspecified atom stereocenters. The van der Waals surface area contributed by atoms with E-state index in [2.05, 4.69) is 5.80 Å². The first-order valence-corrected chi connectivity index (χ1v) is 3.95. The third-order valence-corrected chi connectivity index (χ3v) is 4.79. The minimum absolute atomic E-state index is 1.12. The first-order chi connectivity index (χ1) is 2.47. The van der Waals surface area contributed by atoms with E-state index in [1.54, 1.807) is 8.20 Å². The quantitative estimate of drug-likeness (QED) is 0.402. The Labute approximate surface area is 34.5 Å². The maximum absolute atomic E-state index is 2.41. The standard InChI is InChI=1S/C3H4P2/c1-2-3(4-1)5-2/h1-3,5H. The molecule has 26 valence electrons. The summed E-state index contributed by atoms with van der Waals surface area (Å²) in [7, 11) is 2.96. The molecule has 0 N–H and O–H groups in total. The van der Waals surface area contributed by atoms with E-state index in [1.165, 1.54) is 14.0 Å². The summed E-state index contributed by atoms with van der Waals surface area (Å²) in [5, 5.41) is 1.18. The molecule has 0 aliphatic carbocycles. The van der Waals surface area contributed by atoms with E-state index in [0.29, 0.717) is 0 Å². The topological polar surface area (TPSA) is 0 Å². The Kier molecular flexibility index (Phi) is 0.352. The molecule has 0 nitrogen and oxygen atoms in total. The summed E-state index contributed by atoms with van der Waals surface area (Å²) in [6, 6.07) is 0. The lowest BCUT2D eigenvalue weighted by Crippen LogP contribution is -1.93. The minimum Gasteiger partial charge on any atom is -0.100 e. The Hall–Kier alpha value is 0.600. The Bertz CT molecular complexity index is 76.9. The second-order valence-electron chi connectivity index (χ2n) is 1.44. The van der Waals surface area contributed by atoms with Crippen LogP contribution in [0.15, 0.2) is 0 Å². The molecule has 0 saturated carbocycles. The van der Waals surface area contributed by atoms with Gasteiger partial charge in [-0.25, -0.2) is 0 Å². The molecular formula is C3H4P2. The van der Waals surface area contributed by atoms with Gasteiger partial charge in [0.2, 0.25) is 0 Å². The Morgan fingerprint density at radius 1 is 1.80 bits per heavy atom. The van der Waals surface area contributed by atoms with E-state index < -0.39 is 0 Å². The van der Waals surface area contributed by atoms with E-state index in [-0.39, 0.29) is 0 Å². The number of fused-ring (bicyclic) bond motifs is 1. The van der Waals surface area contributed by atoms with Gasteiger partial charge in [0, 0.05) is 11.1 Å². The maximum atomic E-state index is 2.41. The summed E-state index contributed by atoms with van der Waals surface area (Å²) in [6.45, 7) is 0. The normalized spacial score (nSPS) is 62.4. The second kappa shape index (κ2) is 0.647. The minimum atomic E-state index is 1.12. The van der Waals surface area contributed by atoms with Gasteiger partial charge in [0.25, 0.3) is 0 Å². The van der Waals surface area contributed by atoms with Crippen LogP contribution in [-0.2, 0) is 0 Å². The molecule has 0 bridgehead atoms. The summed E-state index contributed by atoms with van der Waals surface area (Å²) < 4.78 is 0. The van der Waals surface area contributed by atoms with Gasteiger partial charge in [-0.15, -0.1) is 8.58 Å². The van der Waals surface area contributed by atoms with E-state index in [4.69, 9.17) is 0 Å². The molecule has 0 spiro atoms. The van der Waals surface area contributed by atoms with Crippen LogP contribution < -0.4 is 0 Å². The van der Waals surface area contributed by atoms with Crippen molar-refractivity contribution in [1.82, 2.24) is 0 Å². The van der Waals surface area contributed by atoms with Crippen LogP contribution in [0.4, 0.5) is 0 Å². The molecule has 1 fully saturated rings. The molecule has 0 aromatic rings. The van der Waals surface area contributed by atoms with Crippen LogP contribution in [-0.4, -0.2) is 16.9 Å². The van der Waals surface area contributed by atoms with Crippen LogP contribution in [0.25, 0.3) is 0 Å². The van der Waals surface area contributed by atoms with E-state index in [0.717, 1.165) is 5.66 Å². The largest absolute Gasteiger partial charge is 0.100 e. The first kappa shape index (κ1) is 2.72. The average molecular weight is 102 g/mol. The lowest BCUT2D eigenvalue weighted by atomic mass is 10.6. The molecular weight excluding hydrogens is 98.0 g/mol. The molecule has 0 radical (unpaired) electrons. The van der Waals surface area contributed by atoms with Crippen LogP contribution >= 0.6 is 16.8 Å². The summed E-state index contributed by atoms with van der Waals surface area (Å²) in [5.74, 6) is 2.41. The zero-order valence-electron chi connectivity index (χ0n) is 2.68.